The molecule has 0 bridgehead atoms. The lowest BCUT2D eigenvalue weighted by molar-refractivity contribution is -0.159. The molecule has 8 nitrogen and oxygen atoms in total. The van der Waals surface area contributed by atoms with E-state index in [1.807, 2.05) is 6.07 Å². The van der Waals surface area contributed by atoms with Crippen LogP contribution in [0.3, 0.4) is 0 Å². The summed E-state index contributed by atoms with van der Waals surface area (Å²) in [6, 6.07) is 18.2. The predicted octanol–water partition coefficient (Wildman–Crippen LogP) is 3.41. The van der Waals surface area contributed by atoms with Crippen molar-refractivity contribution in [3.05, 3.63) is 59.7 Å². The summed E-state index contributed by atoms with van der Waals surface area (Å²) in [5.41, 5.74) is 2.86. The molecule has 0 radical (unpaired) electrons. The molecule has 5 rings (SSSR count). The highest BCUT2D eigenvalue weighted by Gasteiger charge is 2.29. The van der Waals surface area contributed by atoms with Crippen LogP contribution in [0.15, 0.2) is 48.5 Å². The van der Waals surface area contributed by atoms with Gasteiger partial charge in [0, 0.05) is 38.8 Å². The molecule has 0 atom stereocenters. The zero-order valence-electron chi connectivity index (χ0n) is 19.3. The van der Waals surface area contributed by atoms with Crippen LogP contribution in [0, 0.1) is 0 Å². The summed E-state index contributed by atoms with van der Waals surface area (Å²) in [6.07, 6.45) is 5.38. The van der Waals surface area contributed by atoms with Crippen LogP contribution in [-0.4, -0.2) is 71.0 Å². The third-order valence-electron chi connectivity index (χ3n) is 6.92. The van der Waals surface area contributed by atoms with E-state index >= 15 is 0 Å². The molecule has 8 heteroatoms. The van der Waals surface area contributed by atoms with Gasteiger partial charge < -0.3 is 19.7 Å². The number of piperazine rings is 1. The molecule has 0 unspecified atom stereocenters. The van der Waals surface area contributed by atoms with Crippen molar-refractivity contribution in [2.45, 2.75) is 44.2 Å². The van der Waals surface area contributed by atoms with E-state index in [2.05, 4.69) is 52.3 Å². The lowest BCUT2D eigenvalue weighted by Gasteiger charge is -2.42. The minimum absolute atomic E-state index is 0.351. The van der Waals surface area contributed by atoms with Crippen LogP contribution in [0.1, 0.15) is 42.7 Å². The lowest BCUT2D eigenvalue weighted by Crippen LogP contribution is -2.50. The molecular formula is C26H32N2O6. The normalized spacial score (nSPS) is 22.5. The number of carbonyl (C=O) groups is 2. The first-order chi connectivity index (χ1) is 16.5. The highest BCUT2D eigenvalue weighted by molar-refractivity contribution is 6.27. The third-order valence-corrected chi connectivity index (χ3v) is 6.92. The van der Waals surface area contributed by atoms with E-state index < -0.39 is 11.9 Å². The molecule has 2 N–H and O–H groups in total. The lowest BCUT2D eigenvalue weighted by atomic mass is 9.81. The van der Waals surface area contributed by atoms with Gasteiger partial charge in [0.1, 0.15) is 0 Å². The average molecular weight is 469 g/mol. The number of carboxylic acids is 2. The van der Waals surface area contributed by atoms with Crippen LogP contribution in [0.5, 0.6) is 11.5 Å². The number of fused-ring (bicyclic) bond motifs is 1. The first kappa shape index (κ1) is 24.0. The second kappa shape index (κ2) is 11.4. The number of nitrogens with zero attached hydrogens (tertiary/aromatic N) is 2. The molecule has 2 aromatic carbocycles. The molecular weight excluding hydrogens is 436 g/mol. The minimum atomic E-state index is -1.82. The van der Waals surface area contributed by atoms with Gasteiger partial charge in [0.25, 0.3) is 0 Å². The monoisotopic (exact) mass is 468 g/mol. The van der Waals surface area contributed by atoms with E-state index in [4.69, 9.17) is 29.3 Å². The van der Waals surface area contributed by atoms with Gasteiger partial charge in [-0.15, -0.1) is 0 Å². The third kappa shape index (κ3) is 6.27. The van der Waals surface area contributed by atoms with Crippen molar-refractivity contribution in [3.8, 4) is 11.5 Å². The van der Waals surface area contributed by atoms with Crippen LogP contribution < -0.4 is 9.47 Å². The number of aliphatic carboxylic acids is 2. The Morgan fingerprint density at radius 3 is 2.12 bits per heavy atom. The maximum atomic E-state index is 9.10. The maximum Gasteiger partial charge on any atom is 0.414 e. The van der Waals surface area contributed by atoms with Crippen molar-refractivity contribution in [1.82, 2.24) is 9.80 Å². The number of hydrogen-bond donors (Lipinski definition) is 2. The fourth-order valence-electron chi connectivity index (χ4n) is 5.08. The second-order valence-electron chi connectivity index (χ2n) is 9.03. The minimum Gasteiger partial charge on any atom is -0.473 e. The molecule has 3 aliphatic rings. The largest absolute Gasteiger partial charge is 0.473 e. The number of rotatable bonds is 4. The first-order valence-corrected chi connectivity index (χ1v) is 11.9. The Bertz CT molecular complexity index is 955. The molecule has 0 amide bonds. The SMILES string of the molecule is O=C(O)C(=O)O.c1ccc(C2CCC(N3CCN(Cc4ccc5c(c4)OCO5)CC3)CC2)cc1. The van der Waals surface area contributed by atoms with Gasteiger partial charge in [0.15, 0.2) is 11.5 Å². The van der Waals surface area contributed by atoms with Crippen LogP contribution in [-0.2, 0) is 16.1 Å². The molecule has 2 aromatic rings. The molecule has 1 aliphatic carbocycles. The molecule has 2 heterocycles. The van der Waals surface area contributed by atoms with E-state index in [0.717, 1.165) is 43.1 Å². The van der Waals surface area contributed by atoms with Crippen molar-refractivity contribution >= 4 is 11.9 Å². The quantitative estimate of drug-likeness (QED) is 0.659. The molecule has 1 saturated carbocycles. The summed E-state index contributed by atoms with van der Waals surface area (Å²) in [5.74, 6) is -1.11. The summed E-state index contributed by atoms with van der Waals surface area (Å²) in [7, 11) is 0. The van der Waals surface area contributed by atoms with Crippen molar-refractivity contribution in [3.63, 3.8) is 0 Å². The van der Waals surface area contributed by atoms with Gasteiger partial charge in [-0.1, -0.05) is 36.4 Å². The first-order valence-electron chi connectivity index (χ1n) is 11.9. The fraction of sp³-hybridized carbons (Fsp3) is 0.462. The topological polar surface area (TPSA) is 99.5 Å². The highest BCUT2D eigenvalue weighted by atomic mass is 16.7. The Labute approximate surface area is 199 Å². The smallest absolute Gasteiger partial charge is 0.414 e. The summed E-state index contributed by atoms with van der Waals surface area (Å²) in [5, 5.41) is 14.8. The number of benzene rings is 2. The summed E-state index contributed by atoms with van der Waals surface area (Å²) in [4.78, 5) is 23.5. The van der Waals surface area contributed by atoms with Gasteiger partial charge in [0.05, 0.1) is 0 Å². The van der Waals surface area contributed by atoms with Crippen LogP contribution >= 0.6 is 0 Å². The van der Waals surface area contributed by atoms with Crippen molar-refractivity contribution in [2.24, 2.45) is 0 Å². The Morgan fingerprint density at radius 2 is 1.47 bits per heavy atom. The molecule has 2 fully saturated rings. The highest BCUT2D eigenvalue weighted by Crippen LogP contribution is 2.35. The second-order valence-corrected chi connectivity index (χ2v) is 9.03. The van der Waals surface area contributed by atoms with E-state index in [0.29, 0.717) is 6.79 Å². The summed E-state index contributed by atoms with van der Waals surface area (Å²) >= 11 is 0. The zero-order chi connectivity index (χ0) is 23.9. The average Bonchev–Trinajstić information content (AvgIpc) is 3.34. The van der Waals surface area contributed by atoms with Crippen molar-refractivity contribution in [1.29, 1.82) is 0 Å². The van der Waals surface area contributed by atoms with Crippen LogP contribution in [0.4, 0.5) is 0 Å². The maximum absolute atomic E-state index is 9.10. The van der Waals surface area contributed by atoms with Gasteiger partial charge in [-0.3, -0.25) is 9.80 Å². The fourth-order valence-corrected chi connectivity index (χ4v) is 5.08. The van der Waals surface area contributed by atoms with E-state index in [1.54, 1.807) is 0 Å². The summed E-state index contributed by atoms with van der Waals surface area (Å²) < 4.78 is 10.9. The van der Waals surface area contributed by atoms with Gasteiger partial charge >= 0.3 is 11.9 Å². The van der Waals surface area contributed by atoms with Crippen molar-refractivity contribution in [2.75, 3.05) is 33.0 Å². The van der Waals surface area contributed by atoms with Gasteiger partial charge in [-0.05, 0) is 54.9 Å². The van der Waals surface area contributed by atoms with Gasteiger partial charge in [-0.2, -0.15) is 0 Å². The number of hydrogen-bond acceptors (Lipinski definition) is 6. The zero-order valence-corrected chi connectivity index (χ0v) is 19.3. The van der Waals surface area contributed by atoms with Crippen LogP contribution in [0.25, 0.3) is 0 Å². The Kier molecular flexibility index (Phi) is 8.03. The Hall–Kier alpha value is -3.10. The predicted molar refractivity (Wildman–Crippen MR) is 126 cm³/mol. The number of ether oxygens (including phenoxy) is 2. The molecule has 0 spiro atoms. The van der Waals surface area contributed by atoms with Crippen LogP contribution in [0.2, 0.25) is 0 Å². The standard InChI is InChI=1S/C24H30N2O2.C2H2O4/c1-2-4-20(5-3-1)21-7-9-22(10-8-21)26-14-12-25(13-15-26)17-19-6-11-23-24(16-19)28-18-27-23;3-1(4)2(5)6/h1-6,11,16,21-22H,7-10,12-15,17-18H2;(H,3,4)(H,5,6). The number of carboxylic acid groups (broad SMARTS) is 2. The molecule has 34 heavy (non-hydrogen) atoms. The molecule has 0 aromatic heterocycles. The Balaban J connectivity index is 0.000000408. The molecule has 182 valence electrons. The van der Waals surface area contributed by atoms with Gasteiger partial charge in [0.2, 0.25) is 6.79 Å². The van der Waals surface area contributed by atoms with Gasteiger partial charge in [-0.25, -0.2) is 9.59 Å². The Morgan fingerprint density at radius 1 is 0.824 bits per heavy atom. The summed E-state index contributed by atoms with van der Waals surface area (Å²) in [6.45, 7) is 6.08. The molecule has 1 saturated heterocycles. The molecule has 2 aliphatic heterocycles. The van der Waals surface area contributed by atoms with E-state index in [-0.39, 0.29) is 0 Å². The van der Waals surface area contributed by atoms with Crippen molar-refractivity contribution < 1.29 is 29.3 Å². The van der Waals surface area contributed by atoms with E-state index in [1.165, 1.54) is 49.9 Å². The van der Waals surface area contributed by atoms with E-state index in [9.17, 15) is 0 Å².